The summed E-state index contributed by atoms with van der Waals surface area (Å²) in [6.07, 6.45) is 3.57. The number of ether oxygens (including phenoxy) is 1. The number of halogens is 4. The summed E-state index contributed by atoms with van der Waals surface area (Å²) in [5.74, 6) is 0.604. The average Bonchev–Trinajstić information content (AvgIpc) is 2.74. The minimum Gasteiger partial charge on any atom is -0.490 e. The summed E-state index contributed by atoms with van der Waals surface area (Å²) in [6.45, 7) is 4.93. The third-order valence-corrected chi connectivity index (χ3v) is 5.78. The Kier molecular flexibility index (Phi) is 13.2. The number of likely N-dealkylation sites (tertiary alicyclic amines) is 1. The standard InChI is InChI=1S/C24H30ClFN2O2.2ClH/c1-27(13-3-6-24(29)19-7-9-21(26)10-8-19)16-17-28-14-11-22(12-15-28)30-23-5-2-4-20(25)18-23;;/h2,4-5,7-10,18,22H,3,6,11-17H2,1H3;2*1H. The molecule has 1 saturated heterocycles. The number of hydrogen-bond donors (Lipinski definition) is 0. The predicted octanol–water partition coefficient (Wildman–Crippen LogP) is 5.76. The van der Waals surface area contributed by atoms with E-state index in [1.165, 1.54) is 12.1 Å². The van der Waals surface area contributed by atoms with E-state index in [1.807, 2.05) is 24.3 Å². The van der Waals surface area contributed by atoms with Gasteiger partial charge in [0.1, 0.15) is 17.7 Å². The van der Waals surface area contributed by atoms with Crippen molar-refractivity contribution in [2.45, 2.75) is 31.8 Å². The molecule has 2 aromatic rings. The highest BCUT2D eigenvalue weighted by molar-refractivity contribution is 6.30. The van der Waals surface area contributed by atoms with Gasteiger partial charge in [-0.1, -0.05) is 17.7 Å². The molecule has 1 aliphatic rings. The van der Waals surface area contributed by atoms with E-state index in [-0.39, 0.29) is 42.5 Å². The molecule has 32 heavy (non-hydrogen) atoms. The summed E-state index contributed by atoms with van der Waals surface area (Å²) in [6, 6.07) is 13.4. The molecular weight excluding hydrogens is 474 g/mol. The Morgan fingerprint density at radius 3 is 2.47 bits per heavy atom. The maximum Gasteiger partial charge on any atom is 0.162 e. The minimum absolute atomic E-state index is 0. The summed E-state index contributed by atoms with van der Waals surface area (Å²) in [5, 5.41) is 0.701. The first-order chi connectivity index (χ1) is 14.5. The number of hydrogen-bond acceptors (Lipinski definition) is 4. The fraction of sp³-hybridized carbons (Fsp3) is 0.458. The van der Waals surface area contributed by atoms with Gasteiger partial charge < -0.3 is 14.5 Å². The van der Waals surface area contributed by atoms with Gasteiger partial charge >= 0.3 is 0 Å². The fourth-order valence-electron chi connectivity index (χ4n) is 3.70. The van der Waals surface area contributed by atoms with Crippen LogP contribution in [0.2, 0.25) is 5.02 Å². The van der Waals surface area contributed by atoms with Crippen LogP contribution in [0.3, 0.4) is 0 Å². The highest BCUT2D eigenvalue weighted by Gasteiger charge is 2.20. The van der Waals surface area contributed by atoms with Crippen LogP contribution in [0.1, 0.15) is 36.0 Å². The van der Waals surface area contributed by atoms with Crippen molar-refractivity contribution in [3.63, 3.8) is 0 Å². The molecule has 0 aliphatic carbocycles. The molecule has 0 atom stereocenters. The monoisotopic (exact) mass is 504 g/mol. The zero-order valence-electron chi connectivity index (χ0n) is 18.3. The smallest absolute Gasteiger partial charge is 0.162 e. The van der Waals surface area contributed by atoms with Crippen LogP contribution in [0.5, 0.6) is 5.75 Å². The molecule has 0 saturated carbocycles. The molecule has 4 nitrogen and oxygen atoms in total. The van der Waals surface area contributed by atoms with Gasteiger partial charge in [0.2, 0.25) is 0 Å². The highest BCUT2D eigenvalue weighted by atomic mass is 35.5. The van der Waals surface area contributed by atoms with Gasteiger partial charge in [-0.15, -0.1) is 24.8 Å². The van der Waals surface area contributed by atoms with Crippen molar-refractivity contribution in [3.05, 3.63) is 64.9 Å². The van der Waals surface area contributed by atoms with Gasteiger partial charge in [-0.2, -0.15) is 0 Å². The van der Waals surface area contributed by atoms with Crippen molar-refractivity contribution in [1.82, 2.24) is 9.80 Å². The summed E-state index contributed by atoms with van der Waals surface area (Å²) in [4.78, 5) is 16.9. The van der Waals surface area contributed by atoms with Gasteiger partial charge in [-0.05, 0) is 75.3 Å². The Balaban J connectivity index is 0.00000256. The lowest BCUT2D eigenvalue weighted by Crippen LogP contribution is -2.41. The highest BCUT2D eigenvalue weighted by Crippen LogP contribution is 2.22. The number of piperidine rings is 1. The predicted molar refractivity (Wildman–Crippen MR) is 133 cm³/mol. The van der Waals surface area contributed by atoms with E-state index in [4.69, 9.17) is 16.3 Å². The molecule has 178 valence electrons. The van der Waals surface area contributed by atoms with E-state index in [9.17, 15) is 9.18 Å². The Morgan fingerprint density at radius 1 is 1.12 bits per heavy atom. The van der Waals surface area contributed by atoms with Gasteiger partial charge in [0.25, 0.3) is 0 Å². The van der Waals surface area contributed by atoms with Crippen molar-refractivity contribution in [2.24, 2.45) is 0 Å². The lowest BCUT2D eigenvalue weighted by molar-refractivity contribution is 0.0938. The molecule has 0 unspecified atom stereocenters. The normalized spacial score (nSPS) is 14.5. The van der Waals surface area contributed by atoms with Crippen LogP contribution in [0, 0.1) is 5.82 Å². The molecule has 1 heterocycles. The van der Waals surface area contributed by atoms with Crippen molar-refractivity contribution in [3.8, 4) is 5.75 Å². The Hall–Kier alpha value is -1.37. The van der Waals surface area contributed by atoms with Crippen LogP contribution in [0.25, 0.3) is 0 Å². The number of carbonyl (C=O) groups excluding carboxylic acids is 1. The first kappa shape index (κ1) is 28.7. The quantitative estimate of drug-likeness (QED) is 0.384. The zero-order valence-corrected chi connectivity index (χ0v) is 20.7. The number of benzene rings is 2. The molecule has 2 aromatic carbocycles. The summed E-state index contributed by atoms with van der Waals surface area (Å²) in [7, 11) is 2.09. The van der Waals surface area contributed by atoms with Crippen LogP contribution in [-0.4, -0.2) is 61.5 Å². The number of ketones is 1. The fourth-order valence-corrected chi connectivity index (χ4v) is 3.88. The molecular formula is C24H32Cl3FN2O2. The van der Waals surface area contributed by atoms with Crippen LogP contribution in [0.15, 0.2) is 48.5 Å². The Labute approximate surface area is 207 Å². The second-order valence-corrected chi connectivity index (χ2v) is 8.39. The third kappa shape index (κ3) is 9.63. The topological polar surface area (TPSA) is 32.8 Å². The second kappa shape index (κ2) is 14.7. The van der Waals surface area contributed by atoms with Crippen molar-refractivity contribution < 1.29 is 13.9 Å². The van der Waals surface area contributed by atoms with Crippen LogP contribution in [0.4, 0.5) is 4.39 Å². The molecule has 0 N–H and O–H groups in total. The van der Waals surface area contributed by atoms with Gasteiger partial charge in [0.15, 0.2) is 5.78 Å². The van der Waals surface area contributed by atoms with E-state index in [2.05, 4.69) is 16.8 Å². The molecule has 0 bridgehead atoms. The van der Waals surface area contributed by atoms with Gasteiger partial charge in [-0.25, -0.2) is 4.39 Å². The van der Waals surface area contributed by atoms with Crippen LogP contribution >= 0.6 is 36.4 Å². The van der Waals surface area contributed by atoms with Gasteiger partial charge in [-0.3, -0.25) is 4.79 Å². The zero-order chi connectivity index (χ0) is 21.3. The van der Waals surface area contributed by atoms with Crippen LogP contribution < -0.4 is 4.74 Å². The first-order valence-corrected chi connectivity index (χ1v) is 11.0. The molecule has 0 amide bonds. The number of Topliss-reactive ketones (excluding diaryl/α,β-unsaturated/α-hetero) is 1. The number of nitrogens with zero attached hydrogens (tertiary/aromatic N) is 2. The second-order valence-electron chi connectivity index (χ2n) is 7.95. The number of carbonyl (C=O) groups is 1. The van der Waals surface area contributed by atoms with Crippen molar-refractivity contribution in [2.75, 3.05) is 39.8 Å². The van der Waals surface area contributed by atoms with Crippen molar-refractivity contribution >= 4 is 42.2 Å². The maximum absolute atomic E-state index is 12.9. The number of likely N-dealkylation sites (N-methyl/N-ethyl adjacent to an activating group) is 1. The lowest BCUT2D eigenvalue weighted by atomic mass is 10.1. The summed E-state index contributed by atoms with van der Waals surface area (Å²) < 4.78 is 19.0. The van der Waals surface area contributed by atoms with Crippen molar-refractivity contribution in [1.29, 1.82) is 0 Å². The molecule has 1 fully saturated rings. The third-order valence-electron chi connectivity index (χ3n) is 5.54. The van der Waals surface area contributed by atoms with E-state index in [0.29, 0.717) is 17.0 Å². The van der Waals surface area contributed by atoms with E-state index in [1.54, 1.807) is 12.1 Å². The molecule has 3 rings (SSSR count). The molecule has 0 aromatic heterocycles. The molecule has 0 radical (unpaired) electrons. The first-order valence-electron chi connectivity index (χ1n) is 10.6. The SMILES string of the molecule is CN(CCCC(=O)c1ccc(F)cc1)CCN1CCC(Oc2cccc(Cl)c2)CC1.Cl.Cl. The Morgan fingerprint density at radius 2 is 1.81 bits per heavy atom. The number of rotatable bonds is 10. The average molecular weight is 506 g/mol. The summed E-state index contributed by atoms with van der Waals surface area (Å²) >= 11 is 6.02. The largest absolute Gasteiger partial charge is 0.490 e. The van der Waals surface area contributed by atoms with Gasteiger partial charge in [0.05, 0.1) is 0 Å². The van der Waals surface area contributed by atoms with Gasteiger partial charge in [0, 0.05) is 43.2 Å². The molecule has 8 heteroatoms. The van der Waals surface area contributed by atoms with E-state index < -0.39 is 0 Å². The minimum atomic E-state index is -0.314. The van der Waals surface area contributed by atoms with E-state index >= 15 is 0 Å². The summed E-state index contributed by atoms with van der Waals surface area (Å²) in [5.41, 5.74) is 0.585. The Bertz CT molecular complexity index is 815. The lowest BCUT2D eigenvalue weighted by Gasteiger charge is -2.33. The van der Waals surface area contributed by atoms with E-state index in [0.717, 1.165) is 57.7 Å². The molecule has 0 spiro atoms. The molecule has 1 aliphatic heterocycles. The maximum atomic E-state index is 12.9. The van der Waals surface area contributed by atoms with Crippen LogP contribution in [-0.2, 0) is 0 Å².